The molecule has 0 aromatic heterocycles. The van der Waals surface area contributed by atoms with Gasteiger partial charge in [-0.25, -0.2) is 30.7 Å². The van der Waals surface area contributed by atoms with Gasteiger partial charge in [0.05, 0.1) is 0 Å². The molecular weight excluding hydrogens is 306 g/mol. The Kier molecular flexibility index (Phi) is 4.07. The molecule has 1 aliphatic heterocycles. The Labute approximate surface area is 111 Å². The van der Waals surface area contributed by atoms with Crippen LogP contribution >= 0.6 is 11.8 Å². The van der Waals surface area contributed by atoms with Crippen LogP contribution in [0.2, 0.25) is 0 Å². The van der Waals surface area contributed by atoms with Crippen molar-refractivity contribution in [1.29, 1.82) is 0 Å². The summed E-state index contributed by atoms with van der Waals surface area (Å²) in [5, 5.41) is 0. The molecule has 0 radical (unpaired) electrons. The largest absolute Gasteiger partial charge is 0.246 e. The minimum absolute atomic E-state index is 0.0326. The Hall–Kier alpha value is -0.800. The second kappa shape index (κ2) is 5.29. The molecule has 0 amide bonds. The van der Waals surface area contributed by atoms with Crippen LogP contribution in [0.5, 0.6) is 0 Å². The van der Waals surface area contributed by atoms with Gasteiger partial charge in [-0.15, -0.1) is 0 Å². The lowest BCUT2D eigenvalue weighted by atomic mass is 10.3. The maximum atomic E-state index is 13.4. The van der Waals surface area contributed by atoms with Gasteiger partial charge >= 0.3 is 0 Å². The molecule has 1 saturated heterocycles. The van der Waals surface area contributed by atoms with Gasteiger partial charge in [-0.2, -0.15) is 11.8 Å². The van der Waals surface area contributed by atoms with Crippen molar-refractivity contribution in [3.63, 3.8) is 0 Å². The highest BCUT2D eigenvalue weighted by Crippen LogP contribution is 2.25. The summed E-state index contributed by atoms with van der Waals surface area (Å²) in [5.41, 5.74) is 0. The van der Waals surface area contributed by atoms with E-state index in [0.717, 1.165) is 0 Å². The van der Waals surface area contributed by atoms with Crippen LogP contribution in [0.1, 0.15) is 6.42 Å². The van der Waals surface area contributed by atoms with Gasteiger partial charge in [-0.1, -0.05) is 0 Å². The summed E-state index contributed by atoms with van der Waals surface area (Å²) in [5.74, 6) is -6.19. The molecule has 0 aliphatic carbocycles. The highest BCUT2D eigenvalue weighted by molar-refractivity contribution is 7.99. The first kappa shape index (κ1) is 14.6. The standard InChI is InChI=1S/C10H9F4NO2S2/c11-6-3-7(12)9(14)10(8(6)13)19(16,17)15-5-1-2-18-4-5/h3,5,15H,1-2,4H2. The first-order valence-corrected chi connectivity index (χ1v) is 7.90. The van der Waals surface area contributed by atoms with Crippen LogP contribution in [-0.4, -0.2) is 26.0 Å². The molecule has 1 heterocycles. The molecule has 0 saturated carbocycles. The molecule has 9 heteroatoms. The van der Waals surface area contributed by atoms with E-state index < -0.39 is 44.2 Å². The summed E-state index contributed by atoms with van der Waals surface area (Å²) >= 11 is 1.47. The zero-order valence-corrected chi connectivity index (χ0v) is 11.1. The van der Waals surface area contributed by atoms with Crippen molar-refractivity contribution in [2.24, 2.45) is 0 Å². The zero-order chi connectivity index (χ0) is 14.2. The van der Waals surface area contributed by atoms with E-state index in [-0.39, 0.29) is 6.07 Å². The summed E-state index contributed by atoms with van der Waals surface area (Å²) in [6.07, 6.45) is 0.491. The highest BCUT2D eigenvalue weighted by Gasteiger charge is 2.32. The Morgan fingerprint density at radius 2 is 1.74 bits per heavy atom. The molecule has 0 spiro atoms. The van der Waals surface area contributed by atoms with E-state index in [2.05, 4.69) is 0 Å². The van der Waals surface area contributed by atoms with Crippen molar-refractivity contribution in [3.05, 3.63) is 29.3 Å². The number of hydrogen-bond acceptors (Lipinski definition) is 3. The van der Waals surface area contributed by atoms with Crippen LogP contribution in [0.15, 0.2) is 11.0 Å². The summed E-state index contributed by atoms with van der Waals surface area (Å²) < 4.78 is 78.4. The molecule has 0 bridgehead atoms. The summed E-state index contributed by atoms with van der Waals surface area (Å²) in [6, 6.07) is -0.533. The first-order valence-electron chi connectivity index (χ1n) is 5.26. The van der Waals surface area contributed by atoms with Gasteiger partial charge in [0, 0.05) is 17.9 Å². The molecular formula is C10H9F4NO2S2. The fourth-order valence-corrected chi connectivity index (χ4v) is 4.38. The Bertz CT molecular complexity index is 574. The molecule has 1 unspecified atom stereocenters. The van der Waals surface area contributed by atoms with Crippen molar-refractivity contribution in [2.45, 2.75) is 17.4 Å². The third-order valence-corrected chi connectivity index (χ3v) is 5.29. The number of rotatable bonds is 3. The predicted molar refractivity (Wildman–Crippen MR) is 62.3 cm³/mol. The zero-order valence-electron chi connectivity index (χ0n) is 9.42. The first-order chi connectivity index (χ1) is 8.83. The molecule has 1 N–H and O–H groups in total. The van der Waals surface area contributed by atoms with Crippen molar-refractivity contribution in [2.75, 3.05) is 11.5 Å². The third-order valence-electron chi connectivity index (χ3n) is 2.59. The predicted octanol–water partition coefficient (Wildman–Crippen LogP) is 2.03. The van der Waals surface area contributed by atoms with Gasteiger partial charge in [0.25, 0.3) is 0 Å². The molecule has 1 aliphatic rings. The summed E-state index contributed by atoms with van der Waals surface area (Å²) in [7, 11) is -4.64. The van der Waals surface area contributed by atoms with Crippen LogP contribution in [-0.2, 0) is 10.0 Å². The SMILES string of the molecule is O=S(=O)(NC1CCSC1)c1c(F)c(F)cc(F)c1F. The Morgan fingerprint density at radius 1 is 1.16 bits per heavy atom. The van der Waals surface area contributed by atoms with E-state index in [1.807, 2.05) is 4.72 Å². The van der Waals surface area contributed by atoms with Gasteiger partial charge in [-0.3, -0.25) is 0 Å². The van der Waals surface area contributed by atoms with Crippen LogP contribution < -0.4 is 4.72 Å². The minimum Gasteiger partial charge on any atom is -0.207 e. The fourth-order valence-electron chi connectivity index (χ4n) is 1.69. The summed E-state index contributed by atoms with van der Waals surface area (Å²) in [6.45, 7) is 0. The third kappa shape index (κ3) is 2.87. The molecule has 1 aromatic rings. The molecule has 1 aromatic carbocycles. The number of thioether (sulfide) groups is 1. The lowest BCUT2D eigenvalue weighted by Crippen LogP contribution is -2.36. The number of halogens is 4. The lowest BCUT2D eigenvalue weighted by Gasteiger charge is -2.13. The van der Waals surface area contributed by atoms with E-state index in [1.54, 1.807) is 0 Å². The van der Waals surface area contributed by atoms with Gasteiger partial charge in [-0.05, 0) is 12.2 Å². The van der Waals surface area contributed by atoms with E-state index in [9.17, 15) is 26.0 Å². The molecule has 2 rings (SSSR count). The van der Waals surface area contributed by atoms with Gasteiger partial charge < -0.3 is 0 Å². The van der Waals surface area contributed by atoms with Crippen molar-refractivity contribution in [1.82, 2.24) is 4.72 Å². The van der Waals surface area contributed by atoms with Gasteiger partial charge in [0.1, 0.15) is 0 Å². The van der Waals surface area contributed by atoms with Crippen molar-refractivity contribution >= 4 is 21.8 Å². The van der Waals surface area contributed by atoms with Crippen molar-refractivity contribution < 1.29 is 26.0 Å². The quantitative estimate of drug-likeness (QED) is 0.686. The van der Waals surface area contributed by atoms with Crippen LogP contribution in [0.3, 0.4) is 0 Å². The normalized spacial score (nSPS) is 19.9. The Morgan fingerprint density at radius 3 is 2.21 bits per heavy atom. The minimum atomic E-state index is -4.64. The average molecular weight is 315 g/mol. The van der Waals surface area contributed by atoms with Gasteiger partial charge in [0.15, 0.2) is 28.2 Å². The average Bonchev–Trinajstić information content (AvgIpc) is 2.78. The van der Waals surface area contributed by atoms with Crippen LogP contribution in [0.4, 0.5) is 17.6 Å². The van der Waals surface area contributed by atoms with Crippen LogP contribution in [0.25, 0.3) is 0 Å². The van der Waals surface area contributed by atoms with E-state index in [1.165, 1.54) is 11.8 Å². The van der Waals surface area contributed by atoms with E-state index in [4.69, 9.17) is 0 Å². The maximum Gasteiger partial charge on any atom is 0.246 e. The second-order valence-electron chi connectivity index (χ2n) is 3.98. The summed E-state index contributed by atoms with van der Waals surface area (Å²) in [4.78, 5) is -1.61. The number of nitrogens with one attached hydrogen (secondary N) is 1. The Balaban J connectivity index is 2.45. The number of benzene rings is 1. The molecule has 1 atom stereocenters. The topological polar surface area (TPSA) is 46.2 Å². The van der Waals surface area contributed by atoms with Crippen molar-refractivity contribution in [3.8, 4) is 0 Å². The number of sulfonamides is 1. The number of hydrogen-bond donors (Lipinski definition) is 1. The highest BCUT2D eigenvalue weighted by atomic mass is 32.2. The molecule has 106 valence electrons. The lowest BCUT2D eigenvalue weighted by molar-refractivity contribution is 0.417. The smallest absolute Gasteiger partial charge is 0.207 e. The second-order valence-corrected chi connectivity index (χ2v) is 6.78. The maximum absolute atomic E-state index is 13.4. The molecule has 19 heavy (non-hydrogen) atoms. The molecule has 3 nitrogen and oxygen atoms in total. The van der Waals surface area contributed by atoms with E-state index >= 15 is 0 Å². The fraction of sp³-hybridized carbons (Fsp3) is 0.400. The molecule has 1 fully saturated rings. The van der Waals surface area contributed by atoms with Gasteiger partial charge in [0.2, 0.25) is 10.0 Å². The van der Waals surface area contributed by atoms with E-state index in [0.29, 0.717) is 17.9 Å². The monoisotopic (exact) mass is 315 g/mol. The van der Waals surface area contributed by atoms with Crippen LogP contribution in [0, 0.1) is 23.3 Å².